The fourth-order valence-electron chi connectivity index (χ4n) is 3.65. The van der Waals surface area contributed by atoms with E-state index in [9.17, 15) is 18.0 Å². The van der Waals surface area contributed by atoms with E-state index in [2.05, 4.69) is 11.1 Å². The molecule has 0 spiro atoms. The lowest BCUT2D eigenvalue weighted by Gasteiger charge is -2.34. The average Bonchev–Trinajstić information content (AvgIpc) is 3.05. The molecule has 162 valence electrons. The van der Waals surface area contributed by atoms with Crippen molar-refractivity contribution in [1.29, 1.82) is 5.26 Å². The van der Waals surface area contributed by atoms with Crippen molar-refractivity contribution in [3.63, 3.8) is 0 Å². The van der Waals surface area contributed by atoms with E-state index in [0.29, 0.717) is 19.0 Å². The quantitative estimate of drug-likeness (QED) is 0.771. The molecule has 1 fully saturated rings. The van der Waals surface area contributed by atoms with Crippen molar-refractivity contribution in [3.05, 3.63) is 23.8 Å². The van der Waals surface area contributed by atoms with Gasteiger partial charge >= 0.3 is 0 Å². The Bertz CT molecular complexity index is 972. The molecule has 30 heavy (non-hydrogen) atoms. The van der Waals surface area contributed by atoms with Gasteiger partial charge in [-0.05, 0) is 20.3 Å². The number of rotatable bonds is 6. The minimum Gasteiger partial charge on any atom is -0.340 e. The standard InChI is InChI=1S/C20H25F3N6O/c1-3-27(9-12(2)8-24)19(30)11-29-18-7-15(23)14(22)6-17(18)26-20(29)28-5-4-13(21)16(25)10-28/h6-7,12-13,16H,3-5,9-11,25H2,1-2H3/t12?,13-,16-/m1/s1. The van der Waals surface area contributed by atoms with E-state index < -0.39 is 23.8 Å². The third kappa shape index (κ3) is 4.36. The van der Waals surface area contributed by atoms with E-state index in [1.807, 2.05) is 0 Å². The Hall–Kier alpha value is -2.80. The number of likely N-dealkylation sites (N-methyl/N-ethyl adjacent to an activating group) is 1. The number of piperidine rings is 1. The van der Waals surface area contributed by atoms with Crippen LogP contribution in [0, 0.1) is 28.9 Å². The van der Waals surface area contributed by atoms with E-state index in [1.54, 1.807) is 18.7 Å². The number of carbonyl (C=O) groups excluding carboxylic acids is 1. The molecule has 0 bridgehead atoms. The number of imidazole rings is 1. The highest BCUT2D eigenvalue weighted by Gasteiger charge is 2.30. The Balaban J connectivity index is 1.99. The Morgan fingerprint density at radius 3 is 2.77 bits per heavy atom. The van der Waals surface area contributed by atoms with Crippen LogP contribution in [0.25, 0.3) is 11.0 Å². The van der Waals surface area contributed by atoms with Crippen LogP contribution in [0.5, 0.6) is 0 Å². The van der Waals surface area contributed by atoms with Gasteiger partial charge in [0.25, 0.3) is 0 Å². The normalized spacial score (nSPS) is 20.2. The summed E-state index contributed by atoms with van der Waals surface area (Å²) in [6.07, 6.45) is -0.944. The van der Waals surface area contributed by atoms with Crippen LogP contribution >= 0.6 is 0 Å². The number of nitriles is 1. The zero-order chi connectivity index (χ0) is 22.0. The minimum absolute atomic E-state index is 0.173. The predicted octanol–water partition coefficient (Wildman–Crippen LogP) is 2.20. The molecule has 0 saturated carbocycles. The van der Waals surface area contributed by atoms with E-state index in [-0.39, 0.29) is 48.9 Å². The summed E-state index contributed by atoms with van der Waals surface area (Å²) in [5.74, 6) is -2.40. The molecule has 1 aliphatic heterocycles. The molecule has 1 amide bonds. The molecule has 0 aliphatic carbocycles. The minimum atomic E-state index is -1.14. The second kappa shape index (κ2) is 8.92. The van der Waals surface area contributed by atoms with E-state index in [4.69, 9.17) is 11.0 Å². The van der Waals surface area contributed by atoms with Gasteiger partial charge < -0.3 is 20.1 Å². The number of nitrogens with two attached hydrogens (primary N) is 1. The van der Waals surface area contributed by atoms with Crippen molar-refractivity contribution in [2.45, 2.75) is 39.0 Å². The summed E-state index contributed by atoms with van der Waals surface area (Å²) >= 11 is 0. The van der Waals surface area contributed by atoms with Crippen LogP contribution in [0.4, 0.5) is 19.1 Å². The third-order valence-electron chi connectivity index (χ3n) is 5.37. The first-order valence-corrected chi connectivity index (χ1v) is 9.92. The predicted molar refractivity (Wildman–Crippen MR) is 106 cm³/mol. The summed E-state index contributed by atoms with van der Waals surface area (Å²) in [4.78, 5) is 20.6. The van der Waals surface area contributed by atoms with Crippen molar-refractivity contribution in [3.8, 4) is 6.07 Å². The highest BCUT2D eigenvalue weighted by atomic mass is 19.2. The molecule has 10 heteroatoms. The summed E-state index contributed by atoms with van der Waals surface area (Å²) in [7, 11) is 0. The number of fused-ring (bicyclic) bond motifs is 1. The lowest BCUT2D eigenvalue weighted by Crippen LogP contribution is -2.50. The number of halogens is 3. The largest absolute Gasteiger partial charge is 0.340 e. The first-order valence-electron chi connectivity index (χ1n) is 9.92. The monoisotopic (exact) mass is 422 g/mol. The fraction of sp³-hybridized carbons (Fsp3) is 0.550. The van der Waals surface area contributed by atoms with Crippen molar-refractivity contribution in [2.24, 2.45) is 11.7 Å². The first kappa shape index (κ1) is 21.9. The number of carbonyl (C=O) groups is 1. The van der Waals surface area contributed by atoms with Gasteiger partial charge in [-0.15, -0.1) is 0 Å². The number of aromatic nitrogens is 2. The highest BCUT2D eigenvalue weighted by molar-refractivity contribution is 5.83. The number of amides is 1. The van der Waals surface area contributed by atoms with Gasteiger partial charge in [-0.1, -0.05) is 0 Å². The van der Waals surface area contributed by atoms with E-state index >= 15 is 0 Å². The first-order chi connectivity index (χ1) is 14.2. The van der Waals surface area contributed by atoms with Crippen molar-refractivity contribution in [1.82, 2.24) is 14.5 Å². The molecule has 1 saturated heterocycles. The van der Waals surface area contributed by atoms with Gasteiger partial charge in [-0.3, -0.25) is 4.79 Å². The molecular formula is C20H25F3N6O. The fourth-order valence-corrected chi connectivity index (χ4v) is 3.65. The van der Waals surface area contributed by atoms with Crippen LogP contribution in [-0.4, -0.2) is 58.8 Å². The van der Waals surface area contributed by atoms with Crippen LogP contribution in [0.3, 0.4) is 0 Å². The lowest BCUT2D eigenvalue weighted by atomic mass is 10.1. The van der Waals surface area contributed by atoms with Gasteiger partial charge in [0, 0.05) is 38.3 Å². The Morgan fingerprint density at radius 1 is 1.43 bits per heavy atom. The molecule has 0 radical (unpaired) electrons. The second-order valence-corrected chi connectivity index (χ2v) is 7.63. The maximum absolute atomic E-state index is 13.9. The topological polar surface area (TPSA) is 91.2 Å². The molecular weight excluding hydrogens is 397 g/mol. The summed E-state index contributed by atoms with van der Waals surface area (Å²) in [6.45, 7) is 4.49. The smallest absolute Gasteiger partial charge is 0.242 e. The summed E-state index contributed by atoms with van der Waals surface area (Å²) in [5, 5.41) is 9.05. The molecule has 2 N–H and O–H groups in total. The van der Waals surface area contributed by atoms with Crippen molar-refractivity contribution >= 4 is 22.9 Å². The summed E-state index contributed by atoms with van der Waals surface area (Å²) in [5.41, 5.74) is 6.32. The third-order valence-corrected chi connectivity index (χ3v) is 5.37. The van der Waals surface area contributed by atoms with Gasteiger partial charge in [0.1, 0.15) is 12.7 Å². The summed E-state index contributed by atoms with van der Waals surface area (Å²) in [6, 6.07) is 3.36. The van der Waals surface area contributed by atoms with Gasteiger partial charge in [0.15, 0.2) is 11.6 Å². The van der Waals surface area contributed by atoms with Crippen LogP contribution in [0.2, 0.25) is 0 Å². The lowest BCUT2D eigenvalue weighted by molar-refractivity contribution is -0.131. The average molecular weight is 422 g/mol. The number of hydrogen-bond acceptors (Lipinski definition) is 5. The van der Waals surface area contributed by atoms with Gasteiger partial charge in [-0.2, -0.15) is 5.26 Å². The van der Waals surface area contributed by atoms with Crippen LogP contribution in [0.1, 0.15) is 20.3 Å². The highest BCUT2D eigenvalue weighted by Crippen LogP contribution is 2.27. The number of alkyl halides is 1. The zero-order valence-electron chi connectivity index (χ0n) is 17.0. The molecule has 3 atom stereocenters. The Labute approximate surface area is 172 Å². The van der Waals surface area contributed by atoms with Gasteiger partial charge in [0.2, 0.25) is 11.9 Å². The number of anilines is 1. The van der Waals surface area contributed by atoms with Gasteiger partial charge in [0.05, 0.1) is 29.1 Å². The molecule has 1 aromatic heterocycles. The molecule has 3 rings (SSSR count). The molecule has 1 aliphatic rings. The molecule has 2 heterocycles. The molecule has 7 nitrogen and oxygen atoms in total. The Kier molecular flexibility index (Phi) is 6.51. The van der Waals surface area contributed by atoms with E-state index in [0.717, 1.165) is 12.1 Å². The molecule has 1 aromatic carbocycles. The molecule has 2 aromatic rings. The zero-order valence-corrected chi connectivity index (χ0v) is 17.0. The number of hydrogen-bond donors (Lipinski definition) is 1. The van der Waals surface area contributed by atoms with Crippen LogP contribution in [-0.2, 0) is 11.3 Å². The SMILES string of the molecule is CCN(CC(C)C#N)C(=O)Cn1c(N2CC[C@@H](F)[C@H](N)C2)nc2cc(F)c(F)cc21. The number of nitrogens with zero attached hydrogens (tertiary/aromatic N) is 5. The Morgan fingerprint density at radius 2 is 2.13 bits per heavy atom. The number of benzene rings is 1. The van der Waals surface area contributed by atoms with Crippen LogP contribution in [0.15, 0.2) is 12.1 Å². The van der Waals surface area contributed by atoms with Crippen molar-refractivity contribution in [2.75, 3.05) is 31.1 Å². The summed E-state index contributed by atoms with van der Waals surface area (Å²) < 4.78 is 43.0. The maximum atomic E-state index is 13.9. The maximum Gasteiger partial charge on any atom is 0.242 e. The van der Waals surface area contributed by atoms with Crippen molar-refractivity contribution < 1.29 is 18.0 Å². The second-order valence-electron chi connectivity index (χ2n) is 7.63. The van der Waals surface area contributed by atoms with Crippen LogP contribution < -0.4 is 10.6 Å². The molecule has 1 unspecified atom stereocenters. The van der Waals surface area contributed by atoms with Gasteiger partial charge in [-0.25, -0.2) is 18.2 Å². The van der Waals surface area contributed by atoms with E-state index in [1.165, 1.54) is 9.47 Å².